The van der Waals surface area contributed by atoms with E-state index in [1.807, 2.05) is 60.7 Å². The third-order valence-corrected chi connectivity index (χ3v) is 7.45. The number of benzene rings is 2. The van der Waals surface area contributed by atoms with E-state index in [2.05, 4.69) is 5.73 Å². The van der Waals surface area contributed by atoms with Crippen molar-refractivity contribution in [1.29, 1.82) is 0 Å². The van der Waals surface area contributed by atoms with Gasteiger partial charge in [-0.15, -0.1) is 0 Å². The molecule has 9 nitrogen and oxygen atoms in total. The molecule has 0 amide bonds. The zero-order valence-electron chi connectivity index (χ0n) is 30.5. The number of hydrogen-bond acceptors (Lipinski definition) is 7. The maximum Gasteiger partial charge on any atom is 0.331 e. The van der Waals surface area contributed by atoms with Crippen LogP contribution in [-0.4, -0.2) is 46.2 Å². The maximum atomic E-state index is 11.7. The first-order valence-electron chi connectivity index (χ1n) is 17.4. The van der Waals surface area contributed by atoms with E-state index in [1.54, 1.807) is 47.6 Å². The Labute approximate surface area is 293 Å². The number of carboxylic acids is 2. The number of carbonyl (C=O) groups is 4. The van der Waals surface area contributed by atoms with Crippen molar-refractivity contribution in [3.05, 3.63) is 83.4 Å². The van der Waals surface area contributed by atoms with E-state index < -0.39 is 41.0 Å². The second-order valence-electron chi connectivity index (χ2n) is 14.5. The molecule has 1 fully saturated rings. The van der Waals surface area contributed by atoms with Gasteiger partial charge in [-0.2, -0.15) is 0 Å². The Kier molecular flexibility index (Phi) is 19.9. The van der Waals surface area contributed by atoms with Crippen LogP contribution in [0.3, 0.4) is 0 Å². The lowest BCUT2D eigenvalue weighted by Crippen LogP contribution is -2.61. The van der Waals surface area contributed by atoms with Crippen LogP contribution in [0.15, 0.2) is 72.3 Å². The van der Waals surface area contributed by atoms with Crippen LogP contribution in [0.2, 0.25) is 0 Å². The number of hydrogen-bond donors (Lipinski definition) is 2. The number of quaternary nitrogens is 1. The van der Waals surface area contributed by atoms with Crippen molar-refractivity contribution in [1.82, 2.24) is 0 Å². The lowest BCUT2D eigenvalue weighted by atomic mass is 9.96. The first-order chi connectivity index (χ1) is 22.9. The molecule has 1 aliphatic carbocycles. The molecule has 2 aromatic rings. The molecule has 0 saturated heterocycles. The van der Waals surface area contributed by atoms with Crippen molar-refractivity contribution in [2.24, 2.45) is 5.92 Å². The fourth-order valence-electron chi connectivity index (χ4n) is 5.10. The van der Waals surface area contributed by atoms with E-state index >= 15 is 0 Å². The summed E-state index contributed by atoms with van der Waals surface area (Å²) in [7, 11) is 0. The van der Waals surface area contributed by atoms with Gasteiger partial charge in [0.15, 0.2) is 0 Å². The van der Waals surface area contributed by atoms with Crippen LogP contribution in [0.25, 0.3) is 0 Å². The molecule has 0 aliphatic heterocycles. The zero-order chi connectivity index (χ0) is 36.9. The first-order valence-corrected chi connectivity index (χ1v) is 17.4. The Hall–Kier alpha value is -3.98. The average molecular weight is 682 g/mol. The van der Waals surface area contributed by atoms with Gasteiger partial charge in [0, 0.05) is 17.5 Å². The van der Waals surface area contributed by atoms with Crippen LogP contribution in [0, 0.1) is 5.92 Å². The molecular formula is C40H59NO8. The Balaban J connectivity index is 0.000000408. The predicted molar refractivity (Wildman–Crippen MR) is 189 cm³/mol. The lowest BCUT2D eigenvalue weighted by molar-refractivity contribution is -0.425. The van der Waals surface area contributed by atoms with Gasteiger partial charge >= 0.3 is 17.9 Å². The largest absolute Gasteiger partial charge is 0.550 e. The van der Waals surface area contributed by atoms with Gasteiger partial charge in [0.05, 0.1) is 18.9 Å². The monoisotopic (exact) mass is 681 g/mol. The van der Waals surface area contributed by atoms with Gasteiger partial charge in [-0.3, -0.25) is 9.59 Å². The van der Waals surface area contributed by atoms with Crippen molar-refractivity contribution in [2.75, 3.05) is 0 Å². The number of ether oxygens (including phenoxy) is 2. The smallest absolute Gasteiger partial charge is 0.331 e. The van der Waals surface area contributed by atoms with Crippen LogP contribution in [0.1, 0.15) is 117 Å². The predicted octanol–water partition coefficient (Wildman–Crippen LogP) is 6.03. The van der Waals surface area contributed by atoms with Crippen LogP contribution in [-0.2, 0) is 41.5 Å². The normalized spacial score (nSPS) is 14.2. The molecule has 3 rings (SSSR count). The van der Waals surface area contributed by atoms with Crippen molar-refractivity contribution in [2.45, 2.75) is 136 Å². The average Bonchev–Trinajstić information content (AvgIpc) is 3.00. The highest BCUT2D eigenvalue weighted by Crippen LogP contribution is 2.18. The topological polar surface area (TPSA) is 158 Å². The lowest BCUT2D eigenvalue weighted by Gasteiger charge is -2.22. The Morgan fingerprint density at radius 2 is 1.31 bits per heavy atom. The van der Waals surface area contributed by atoms with Crippen LogP contribution in [0.5, 0.6) is 0 Å². The molecule has 49 heavy (non-hydrogen) atoms. The third-order valence-electron chi connectivity index (χ3n) is 7.45. The van der Waals surface area contributed by atoms with Crippen molar-refractivity contribution >= 4 is 23.9 Å². The first kappa shape index (κ1) is 43.0. The summed E-state index contributed by atoms with van der Waals surface area (Å²) >= 11 is 0. The van der Waals surface area contributed by atoms with Crippen molar-refractivity contribution < 1.29 is 44.6 Å². The summed E-state index contributed by atoms with van der Waals surface area (Å²) in [4.78, 5) is 45.7. The fraction of sp³-hybridized carbons (Fsp3) is 0.550. The van der Waals surface area contributed by atoms with Gasteiger partial charge in [-0.1, -0.05) is 73.2 Å². The standard InChI is InChI=1S/C17H24O4.C17H22O4.C6H13N/c2*1-17(2,3)21-15(18)12-14(16(19)20)11-7-10-13-8-5-4-6-9-13;7-6-4-2-1-3-5-6/h4-6,8-9,14H,7,10-12H2,1-3H3,(H,19,20);4-6,8-9,11H,7,10,12H2,1-3H3,(H,19,20);6H,1-5,7H2/b;14-11+;/t14-;;/m1../s1. The molecular weight excluding hydrogens is 622 g/mol. The number of carbonyl (C=O) groups excluding carboxylic acids is 3. The number of rotatable bonds is 13. The molecule has 0 heterocycles. The van der Waals surface area contributed by atoms with E-state index in [1.165, 1.54) is 32.1 Å². The summed E-state index contributed by atoms with van der Waals surface area (Å²) < 4.78 is 10.3. The van der Waals surface area contributed by atoms with Gasteiger partial charge < -0.3 is 30.2 Å². The Bertz CT molecular complexity index is 1290. The minimum atomic E-state index is -1.19. The molecule has 0 radical (unpaired) electrons. The van der Waals surface area contributed by atoms with E-state index in [-0.39, 0.29) is 18.4 Å². The number of aliphatic carboxylic acids is 2. The summed E-state index contributed by atoms with van der Waals surface area (Å²) in [5.41, 5.74) is 5.17. The molecule has 1 saturated carbocycles. The van der Waals surface area contributed by atoms with Gasteiger partial charge in [0.2, 0.25) is 0 Å². The molecule has 0 unspecified atom stereocenters. The molecule has 0 aromatic heterocycles. The quantitative estimate of drug-likeness (QED) is 0.192. The Morgan fingerprint density at radius 3 is 1.73 bits per heavy atom. The highest BCUT2D eigenvalue weighted by molar-refractivity contribution is 5.92. The van der Waals surface area contributed by atoms with E-state index in [0.29, 0.717) is 19.3 Å². The SMILES string of the molecule is CC(C)(C)OC(=O)C/C(=C\CCc1ccccc1)C(=O)O.CC(C)(C)OC(=O)C[C@@H](CCCc1ccccc1)C(=O)[O-].[NH3+]C1CCCCC1. The van der Waals surface area contributed by atoms with Gasteiger partial charge in [-0.25, -0.2) is 4.79 Å². The minimum absolute atomic E-state index is 0.0835. The minimum Gasteiger partial charge on any atom is -0.550 e. The molecule has 0 spiro atoms. The Morgan fingerprint density at radius 1 is 0.816 bits per heavy atom. The van der Waals surface area contributed by atoms with Gasteiger partial charge in [0.25, 0.3) is 0 Å². The van der Waals surface area contributed by atoms with Crippen LogP contribution in [0.4, 0.5) is 0 Å². The molecule has 1 aliphatic rings. The number of esters is 2. The molecule has 1 atom stereocenters. The highest BCUT2D eigenvalue weighted by atomic mass is 16.6. The number of allylic oxidation sites excluding steroid dienone is 1. The fourth-order valence-corrected chi connectivity index (χ4v) is 5.10. The van der Waals surface area contributed by atoms with Crippen molar-refractivity contribution in [3.63, 3.8) is 0 Å². The third kappa shape index (κ3) is 23.1. The zero-order valence-corrected chi connectivity index (χ0v) is 30.5. The number of aryl methyl sites for hydroxylation is 2. The number of carboxylic acid groups (broad SMARTS) is 2. The molecule has 272 valence electrons. The second kappa shape index (κ2) is 22.6. The van der Waals surface area contributed by atoms with Crippen LogP contribution < -0.4 is 10.8 Å². The van der Waals surface area contributed by atoms with Crippen molar-refractivity contribution in [3.8, 4) is 0 Å². The summed E-state index contributed by atoms with van der Waals surface area (Å²) in [5, 5.41) is 20.3. The summed E-state index contributed by atoms with van der Waals surface area (Å²) in [6.07, 6.45) is 11.5. The molecule has 2 aromatic carbocycles. The maximum absolute atomic E-state index is 11.7. The molecule has 0 bridgehead atoms. The second-order valence-corrected chi connectivity index (χ2v) is 14.5. The highest BCUT2D eigenvalue weighted by Gasteiger charge is 2.22. The van der Waals surface area contributed by atoms with E-state index in [9.17, 15) is 24.3 Å². The summed E-state index contributed by atoms with van der Waals surface area (Å²) in [6, 6.07) is 20.4. The van der Waals surface area contributed by atoms with Gasteiger partial charge in [0.1, 0.15) is 11.2 Å². The van der Waals surface area contributed by atoms with E-state index in [4.69, 9.17) is 14.6 Å². The van der Waals surface area contributed by atoms with Crippen LogP contribution >= 0.6 is 0 Å². The molecule has 9 heteroatoms. The summed E-state index contributed by atoms with van der Waals surface area (Å²) in [5.74, 6) is -4.06. The molecule has 4 N–H and O–H groups in total. The summed E-state index contributed by atoms with van der Waals surface area (Å²) in [6.45, 7) is 10.5. The van der Waals surface area contributed by atoms with E-state index in [0.717, 1.165) is 30.0 Å². The van der Waals surface area contributed by atoms with Gasteiger partial charge in [-0.05, 0) is 110 Å².